The molecule has 0 aliphatic carbocycles. The first-order valence-electron chi connectivity index (χ1n) is 9.04. The fraction of sp³-hybridized carbons (Fsp3) is 0.524. The third-order valence-electron chi connectivity index (χ3n) is 4.41. The summed E-state index contributed by atoms with van der Waals surface area (Å²) in [4.78, 5) is 12.2. The van der Waals surface area contributed by atoms with E-state index in [1.807, 2.05) is 19.2 Å². The summed E-state index contributed by atoms with van der Waals surface area (Å²) in [7, 11) is 1.81. The van der Waals surface area contributed by atoms with Crippen LogP contribution in [0.4, 0.5) is 5.82 Å². The number of phenolic OH excluding ortho intramolecular Hbond substituents is 1. The van der Waals surface area contributed by atoms with Crippen LogP contribution in [-0.2, 0) is 29.1 Å². The molecule has 2 rings (SSSR count). The van der Waals surface area contributed by atoms with E-state index in [-0.39, 0.29) is 16.7 Å². The number of anilines is 1. The minimum atomic E-state index is -0.170. The predicted octanol–water partition coefficient (Wildman–Crippen LogP) is 4.29. The van der Waals surface area contributed by atoms with Crippen LogP contribution in [0.1, 0.15) is 64.7 Å². The Labute approximate surface area is 156 Å². The second kappa shape index (κ2) is 7.14. The van der Waals surface area contributed by atoms with E-state index in [0.29, 0.717) is 24.4 Å². The van der Waals surface area contributed by atoms with E-state index in [4.69, 9.17) is 0 Å². The van der Waals surface area contributed by atoms with Gasteiger partial charge in [0.2, 0.25) is 5.91 Å². The number of aromatic hydroxyl groups is 1. The van der Waals surface area contributed by atoms with Gasteiger partial charge in [0.1, 0.15) is 5.75 Å². The molecule has 0 spiro atoms. The molecule has 0 saturated carbocycles. The van der Waals surface area contributed by atoms with Crippen LogP contribution in [-0.4, -0.2) is 20.8 Å². The molecular formula is C21H31N3O2. The highest BCUT2D eigenvalue weighted by molar-refractivity contribution is 5.89. The van der Waals surface area contributed by atoms with Gasteiger partial charge < -0.3 is 10.4 Å². The lowest BCUT2D eigenvalue weighted by molar-refractivity contribution is -0.116. The molecule has 0 radical (unpaired) electrons. The van der Waals surface area contributed by atoms with Crippen LogP contribution in [0, 0.1) is 0 Å². The molecule has 0 fully saturated rings. The zero-order valence-electron chi connectivity index (χ0n) is 17.0. The minimum Gasteiger partial charge on any atom is -0.507 e. The number of phenols is 1. The van der Waals surface area contributed by atoms with Crippen LogP contribution >= 0.6 is 0 Å². The van der Waals surface area contributed by atoms with Gasteiger partial charge in [-0.2, -0.15) is 5.10 Å². The maximum absolute atomic E-state index is 12.2. The highest BCUT2D eigenvalue weighted by atomic mass is 16.3. The molecule has 0 atom stereocenters. The zero-order chi connectivity index (χ0) is 19.7. The van der Waals surface area contributed by atoms with E-state index in [1.54, 1.807) is 16.9 Å². The number of carbonyl (C=O) groups excluding carboxylic acids is 1. The van der Waals surface area contributed by atoms with Gasteiger partial charge in [0, 0.05) is 25.7 Å². The van der Waals surface area contributed by atoms with Gasteiger partial charge in [-0.25, -0.2) is 0 Å². The number of aromatic nitrogens is 2. The van der Waals surface area contributed by atoms with E-state index in [2.05, 4.69) is 52.0 Å². The van der Waals surface area contributed by atoms with Crippen molar-refractivity contribution in [2.24, 2.45) is 7.05 Å². The molecule has 0 aliphatic heterocycles. The van der Waals surface area contributed by atoms with Crippen molar-refractivity contribution in [2.75, 3.05) is 5.32 Å². The van der Waals surface area contributed by atoms with Crippen molar-refractivity contribution in [3.8, 4) is 5.75 Å². The van der Waals surface area contributed by atoms with E-state index >= 15 is 0 Å². The molecule has 1 amide bonds. The van der Waals surface area contributed by atoms with Gasteiger partial charge in [-0.1, -0.05) is 53.7 Å². The lowest BCUT2D eigenvalue weighted by atomic mass is 9.78. The average Bonchev–Trinajstić information content (AvgIpc) is 2.88. The van der Waals surface area contributed by atoms with Crippen molar-refractivity contribution < 1.29 is 9.90 Å². The first-order valence-corrected chi connectivity index (χ1v) is 9.04. The Morgan fingerprint density at radius 2 is 1.65 bits per heavy atom. The third-order valence-corrected chi connectivity index (χ3v) is 4.41. The molecule has 2 N–H and O–H groups in total. The van der Waals surface area contributed by atoms with Gasteiger partial charge in [-0.05, 0) is 33.9 Å². The summed E-state index contributed by atoms with van der Waals surface area (Å²) >= 11 is 0. The summed E-state index contributed by atoms with van der Waals surface area (Å²) in [5.74, 6) is 0.868. The van der Waals surface area contributed by atoms with E-state index in [0.717, 1.165) is 16.7 Å². The SMILES string of the molecule is Cn1ccc(NC(=O)CCc2cc(C(C)(C)C)c(O)c(C(C)(C)C)c2)n1. The van der Waals surface area contributed by atoms with Gasteiger partial charge >= 0.3 is 0 Å². The van der Waals surface area contributed by atoms with Crippen LogP contribution in [0.15, 0.2) is 24.4 Å². The Bertz CT molecular complexity index is 757. The van der Waals surface area contributed by atoms with Gasteiger partial charge in [-0.15, -0.1) is 0 Å². The normalized spacial score (nSPS) is 12.3. The molecule has 26 heavy (non-hydrogen) atoms. The molecule has 1 aromatic carbocycles. The molecule has 0 unspecified atom stereocenters. The van der Waals surface area contributed by atoms with Crippen LogP contribution in [0.25, 0.3) is 0 Å². The molecule has 1 aromatic heterocycles. The first-order chi connectivity index (χ1) is 11.9. The maximum atomic E-state index is 12.2. The number of hydrogen-bond donors (Lipinski definition) is 2. The molecule has 142 valence electrons. The molecule has 5 nitrogen and oxygen atoms in total. The Kier molecular flexibility index (Phi) is 5.49. The number of benzene rings is 1. The van der Waals surface area contributed by atoms with Crippen molar-refractivity contribution in [1.82, 2.24) is 9.78 Å². The fourth-order valence-corrected chi connectivity index (χ4v) is 2.93. The zero-order valence-corrected chi connectivity index (χ0v) is 17.0. The fourth-order valence-electron chi connectivity index (χ4n) is 2.93. The minimum absolute atomic E-state index is 0.0635. The highest BCUT2D eigenvalue weighted by Crippen LogP contribution is 2.39. The Morgan fingerprint density at radius 1 is 1.12 bits per heavy atom. The molecule has 1 heterocycles. The van der Waals surface area contributed by atoms with E-state index in [9.17, 15) is 9.90 Å². The molecule has 0 aliphatic rings. The van der Waals surface area contributed by atoms with Gasteiger partial charge in [0.05, 0.1) is 0 Å². The standard InChI is InChI=1S/C21H31N3O2/c1-20(2,3)15-12-14(13-16(19(15)26)21(4,5)6)8-9-18(25)22-17-10-11-24(7)23-17/h10-13,26H,8-9H2,1-7H3,(H,22,23,25). The average molecular weight is 357 g/mol. The van der Waals surface area contributed by atoms with Gasteiger partial charge in [0.25, 0.3) is 0 Å². The molecular weight excluding hydrogens is 326 g/mol. The van der Waals surface area contributed by atoms with Crippen LogP contribution < -0.4 is 5.32 Å². The van der Waals surface area contributed by atoms with E-state index < -0.39 is 0 Å². The Hall–Kier alpha value is -2.30. The number of nitrogens with zero attached hydrogens (tertiary/aromatic N) is 2. The van der Waals surface area contributed by atoms with Crippen LogP contribution in [0.2, 0.25) is 0 Å². The number of nitrogens with one attached hydrogen (secondary N) is 1. The van der Waals surface area contributed by atoms with Crippen molar-refractivity contribution in [1.29, 1.82) is 0 Å². The number of aryl methyl sites for hydroxylation is 2. The summed E-state index contributed by atoms with van der Waals surface area (Å²) in [5.41, 5.74) is 2.57. The lowest BCUT2D eigenvalue weighted by Crippen LogP contribution is -2.18. The summed E-state index contributed by atoms with van der Waals surface area (Å²) in [6.45, 7) is 12.5. The largest absolute Gasteiger partial charge is 0.507 e. The second-order valence-corrected chi connectivity index (χ2v) is 8.96. The number of rotatable bonds is 4. The number of carbonyl (C=O) groups is 1. The highest BCUT2D eigenvalue weighted by Gasteiger charge is 2.26. The molecule has 2 aromatic rings. The first kappa shape index (κ1) is 20.0. The van der Waals surface area contributed by atoms with Crippen molar-refractivity contribution >= 4 is 11.7 Å². The van der Waals surface area contributed by atoms with Crippen molar-refractivity contribution in [3.63, 3.8) is 0 Å². The monoisotopic (exact) mass is 357 g/mol. The van der Waals surface area contributed by atoms with Crippen LogP contribution in [0.3, 0.4) is 0 Å². The number of hydrogen-bond acceptors (Lipinski definition) is 3. The molecule has 0 saturated heterocycles. The third kappa shape index (κ3) is 4.87. The smallest absolute Gasteiger partial charge is 0.225 e. The van der Waals surface area contributed by atoms with Gasteiger partial charge in [-0.3, -0.25) is 9.48 Å². The van der Waals surface area contributed by atoms with Crippen LogP contribution in [0.5, 0.6) is 5.75 Å². The lowest BCUT2D eigenvalue weighted by Gasteiger charge is -2.28. The van der Waals surface area contributed by atoms with Crippen molar-refractivity contribution in [3.05, 3.63) is 41.1 Å². The molecule has 0 bridgehead atoms. The van der Waals surface area contributed by atoms with Gasteiger partial charge in [0.15, 0.2) is 5.82 Å². The topological polar surface area (TPSA) is 67.2 Å². The predicted molar refractivity (Wildman–Crippen MR) is 106 cm³/mol. The summed E-state index contributed by atoms with van der Waals surface area (Å²) in [5, 5.41) is 17.7. The maximum Gasteiger partial charge on any atom is 0.225 e. The number of amides is 1. The summed E-state index contributed by atoms with van der Waals surface area (Å²) in [6, 6.07) is 5.82. The second-order valence-electron chi connectivity index (χ2n) is 8.96. The quantitative estimate of drug-likeness (QED) is 0.858. The van der Waals surface area contributed by atoms with E-state index in [1.165, 1.54) is 0 Å². The summed E-state index contributed by atoms with van der Waals surface area (Å²) < 4.78 is 1.65. The van der Waals surface area contributed by atoms with Crippen molar-refractivity contribution in [2.45, 2.75) is 65.2 Å². The Morgan fingerprint density at radius 3 is 2.08 bits per heavy atom. The summed E-state index contributed by atoms with van der Waals surface area (Å²) in [6.07, 6.45) is 2.78. The molecule has 5 heteroatoms. The Balaban J connectivity index is 2.21.